The van der Waals surface area contributed by atoms with Crippen LogP contribution in [-0.2, 0) is 11.2 Å². The monoisotopic (exact) mass is 445 g/mol. The highest BCUT2D eigenvalue weighted by Crippen LogP contribution is 2.15. The molecule has 0 aliphatic heterocycles. The van der Waals surface area contributed by atoms with E-state index in [1.54, 1.807) is 0 Å². The van der Waals surface area contributed by atoms with Gasteiger partial charge in [0.25, 0.3) is 5.91 Å². The Morgan fingerprint density at radius 1 is 1.20 bits per heavy atom. The number of amides is 1. The first-order valence-corrected chi connectivity index (χ1v) is 9.13. The molecular weight excluding hydrogens is 425 g/mol. The van der Waals surface area contributed by atoms with Crippen molar-refractivity contribution < 1.29 is 4.79 Å². The van der Waals surface area contributed by atoms with Crippen molar-refractivity contribution in [1.29, 1.82) is 5.26 Å². The van der Waals surface area contributed by atoms with Crippen molar-refractivity contribution in [3.8, 4) is 6.07 Å². The standard InChI is InChI=1S/C20H20IN3O/c1-3-15-4-6-16(7-5-15)14(2)24-20(25)17(12-22)13-23-19-10-8-18(21)9-11-19/h4-11,13-14,23H,3H2,1-2H3,(H,24,25)/b17-13-. The minimum Gasteiger partial charge on any atom is -0.360 e. The van der Waals surface area contributed by atoms with Crippen molar-refractivity contribution in [2.24, 2.45) is 0 Å². The highest BCUT2D eigenvalue weighted by Gasteiger charge is 2.13. The molecule has 0 saturated heterocycles. The molecule has 25 heavy (non-hydrogen) atoms. The summed E-state index contributed by atoms with van der Waals surface area (Å²) in [5.74, 6) is -0.396. The molecule has 0 heterocycles. The number of nitriles is 1. The molecule has 0 radical (unpaired) electrons. The lowest BCUT2D eigenvalue weighted by molar-refractivity contribution is -0.117. The fourth-order valence-corrected chi connectivity index (χ4v) is 2.61. The van der Waals surface area contributed by atoms with E-state index >= 15 is 0 Å². The molecule has 1 amide bonds. The van der Waals surface area contributed by atoms with E-state index in [0.717, 1.165) is 21.2 Å². The molecule has 2 N–H and O–H groups in total. The van der Waals surface area contributed by atoms with Crippen LogP contribution in [0, 0.1) is 14.9 Å². The topological polar surface area (TPSA) is 64.9 Å². The molecule has 0 fully saturated rings. The largest absolute Gasteiger partial charge is 0.360 e. The second-order valence-electron chi connectivity index (χ2n) is 5.61. The van der Waals surface area contributed by atoms with Gasteiger partial charge in [-0.15, -0.1) is 0 Å². The minimum atomic E-state index is -0.396. The van der Waals surface area contributed by atoms with Crippen LogP contribution in [-0.4, -0.2) is 5.91 Å². The summed E-state index contributed by atoms with van der Waals surface area (Å²) in [5, 5.41) is 15.1. The number of rotatable bonds is 6. The maximum Gasteiger partial charge on any atom is 0.263 e. The summed E-state index contributed by atoms with van der Waals surface area (Å²) in [5.41, 5.74) is 3.12. The van der Waals surface area contributed by atoms with Gasteiger partial charge in [-0.25, -0.2) is 0 Å². The first-order valence-electron chi connectivity index (χ1n) is 8.05. The summed E-state index contributed by atoms with van der Waals surface area (Å²) in [6.07, 6.45) is 2.41. The number of nitrogens with zero attached hydrogens (tertiary/aromatic N) is 1. The molecule has 2 rings (SSSR count). The van der Waals surface area contributed by atoms with Gasteiger partial charge in [-0.2, -0.15) is 5.26 Å². The van der Waals surface area contributed by atoms with Gasteiger partial charge in [-0.05, 0) is 71.3 Å². The average Bonchev–Trinajstić information content (AvgIpc) is 2.63. The minimum absolute atomic E-state index is 0.0376. The second kappa shape index (κ2) is 9.23. The first kappa shape index (κ1) is 19.0. The number of hydrogen-bond donors (Lipinski definition) is 2. The summed E-state index contributed by atoms with van der Waals surface area (Å²) >= 11 is 2.22. The van der Waals surface area contributed by atoms with Crippen molar-refractivity contribution in [1.82, 2.24) is 5.32 Å². The lowest BCUT2D eigenvalue weighted by atomic mass is 10.0. The first-order chi connectivity index (χ1) is 12.0. The van der Waals surface area contributed by atoms with Gasteiger partial charge in [0.2, 0.25) is 0 Å². The van der Waals surface area contributed by atoms with Gasteiger partial charge < -0.3 is 10.6 Å². The summed E-state index contributed by atoms with van der Waals surface area (Å²) in [6, 6.07) is 17.6. The van der Waals surface area contributed by atoms with Gasteiger partial charge in [0, 0.05) is 15.5 Å². The van der Waals surface area contributed by atoms with Crippen LogP contribution in [0.3, 0.4) is 0 Å². The number of aryl methyl sites for hydroxylation is 1. The van der Waals surface area contributed by atoms with Crippen molar-refractivity contribution in [3.05, 3.63) is 75.0 Å². The third-order valence-electron chi connectivity index (χ3n) is 3.83. The van der Waals surface area contributed by atoms with Gasteiger partial charge in [0.15, 0.2) is 0 Å². The Morgan fingerprint density at radius 3 is 2.40 bits per heavy atom. The molecule has 0 saturated carbocycles. The van der Waals surface area contributed by atoms with Crippen molar-refractivity contribution >= 4 is 34.2 Å². The molecule has 128 valence electrons. The summed E-state index contributed by atoms with van der Waals surface area (Å²) in [6.45, 7) is 4.01. The zero-order valence-corrected chi connectivity index (χ0v) is 16.4. The fourth-order valence-electron chi connectivity index (χ4n) is 2.25. The van der Waals surface area contributed by atoms with Gasteiger partial charge in [-0.1, -0.05) is 31.2 Å². The molecule has 0 aromatic heterocycles. The van der Waals surface area contributed by atoms with Crippen LogP contribution in [0.2, 0.25) is 0 Å². The van der Waals surface area contributed by atoms with Crippen LogP contribution in [0.4, 0.5) is 5.69 Å². The van der Waals surface area contributed by atoms with Crippen molar-refractivity contribution in [2.45, 2.75) is 26.3 Å². The van der Waals surface area contributed by atoms with Crippen LogP contribution in [0.5, 0.6) is 0 Å². The highest BCUT2D eigenvalue weighted by molar-refractivity contribution is 14.1. The summed E-state index contributed by atoms with van der Waals surface area (Å²) < 4.78 is 1.12. The van der Waals surface area contributed by atoms with E-state index < -0.39 is 5.91 Å². The third-order valence-corrected chi connectivity index (χ3v) is 4.55. The van der Waals surface area contributed by atoms with E-state index in [4.69, 9.17) is 0 Å². The maximum absolute atomic E-state index is 12.3. The number of carbonyl (C=O) groups is 1. The summed E-state index contributed by atoms with van der Waals surface area (Å²) in [4.78, 5) is 12.3. The lowest BCUT2D eigenvalue weighted by Crippen LogP contribution is -2.28. The van der Waals surface area contributed by atoms with Crippen LogP contribution in [0.15, 0.2) is 60.3 Å². The lowest BCUT2D eigenvalue weighted by Gasteiger charge is -2.14. The van der Waals surface area contributed by atoms with Crippen LogP contribution in [0.25, 0.3) is 0 Å². The molecule has 2 aromatic carbocycles. The van der Waals surface area contributed by atoms with Crippen molar-refractivity contribution in [2.75, 3.05) is 5.32 Å². The number of anilines is 1. The maximum atomic E-state index is 12.3. The SMILES string of the molecule is CCc1ccc(C(C)NC(=O)/C(C#N)=C\Nc2ccc(I)cc2)cc1. The molecule has 1 atom stereocenters. The van der Waals surface area contributed by atoms with E-state index in [9.17, 15) is 10.1 Å². The van der Waals surface area contributed by atoms with Crippen LogP contribution < -0.4 is 10.6 Å². The molecule has 1 unspecified atom stereocenters. The Morgan fingerprint density at radius 2 is 1.84 bits per heavy atom. The fraction of sp³-hybridized carbons (Fsp3) is 0.200. The third kappa shape index (κ3) is 5.61. The molecular formula is C20H20IN3O. The molecule has 0 spiro atoms. The Hall–Kier alpha value is -2.33. The molecule has 2 aromatic rings. The summed E-state index contributed by atoms with van der Waals surface area (Å²) in [7, 11) is 0. The number of hydrogen-bond acceptors (Lipinski definition) is 3. The molecule has 0 bridgehead atoms. The molecule has 5 heteroatoms. The van der Waals surface area contributed by atoms with E-state index in [2.05, 4.69) is 52.3 Å². The predicted octanol–water partition coefficient (Wildman–Crippen LogP) is 4.55. The smallest absolute Gasteiger partial charge is 0.263 e. The number of nitrogens with one attached hydrogen (secondary N) is 2. The molecule has 4 nitrogen and oxygen atoms in total. The molecule has 0 aliphatic carbocycles. The number of carbonyl (C=O) groups excluding carboxylic acids is 1. The van der Waals surface area contributed by atoms with Crippen LogP contribution in [0.1, 0.15) is 31.0 Å². The Bertz CT molecular complexity index is 789. The van der Waals surface area contributed by atoms with E-state index in [-0.39, 0.29) is 11.6 Å². The van der Waals surface area contributed by atoms with E-state index in [0.29, 0.717) is 0 Å². The van der Waals surface area contributed by atoms with Gasteiger partial charge in [0.1, 0.15) is 11.6 Å². The van der Waals surface area contributed by atoms with E-state index in [1.807, 2.05) is 49.4 Å². The van der Waals surface area contributed by atoms with E-state index in [1.165, 1.54) is 11.8 Å². The Balaban J connectivity index is 2.01. The second-order valence-corrected chi connectivity index (χ2v) is 6.86. The molecule has 0 aliphatic rings. The number of halogens is 1. The van der Waals surface area contributed by atoms with Crippen molar-refractivity contribution in [3.63, 3.8) is 0 Å². The average molecular weight is 445 g/mol. The Kier molecular flexibility index (Phi) is 7.02. The zero-order valence-electron chi connectivity index (χ0n) is 14.2. The Labute approximate surface area is 162 Å². The number of benzene rings is 2. The van der Waals surface area contributed by atoms with Gasteiger partial charge >= 0.3 is 0 Å². The quantitative estimate of drug-likeness (QED) is 0.390. The highest BCUT2D eigenvalue weighted by atomic mass is 127. The predicted molar refractivity (Wildman–Crippen MR) is 109 cm³/mol. The zero-order chi connectivity index (χ0) is 18.2. The van der Waals surface area contributed by atoms with Crippen LogP contribution >= 0.6 is 22.6 Å². The van der Waals surface area contributed by atoms with Gasteiger partial charge in [-0.3, -0.25) is 4.79 Å². The normalized spacial score (nSPS) is 12.2. The van der Waals surface area contributed by atoms with Gasteiger partial charge in [0.05, 0.1) is 6.04 Å².